The molecule has 0 aromatic carbocycles. The second kappa shape index (κ2) is 6.53. The summed E-state index contributed by atoms with van der Waals surface area (Å²) in [4.78, 5) is 2.38. The van der Waals surface area contributed by atoms with E-state index in [1.165, 1.54) is 12.8 Å². The molecule has 1 aliphatic heterocycles. The third-order valence-corrected chi connectivity index (χ3v) is 4.69. The fourth-order valence-corrected chi connectivity index (χ4v) is 3.95. The van der Waals surface area contributed by atoms with E-state index in [9.17, 15) is 10.2 Å². The van der Waals surface area contributed by atoms with Crippen LogP contribution >= 0.6 is 0 Å². The summed E-state index contributed by atoms with van der Waals surface area (Å²) < 4.78 is 5.69. The molecule has 1 heterocycles. The molecular formula is C15H29NO3. The molecule has 112 valence electrons. The van der Waals surface area contributed by atoms with E-state index in [1.807, 2.05) is 0 Å². The van der Waals surface area contributed by atoms with E-state index in [2.05, 4.69) is 18.7 Å². The van der Waals surface area contributed by atoms with Gasteiger partial charge in [0, 0.05) is 31.7 Å². The number of aliphatic hydroxyl groups excluding tert-OH is 2. The molecule has 2 fully saturated rings. The van der Waals surface area contributed by atoms with Crippen LogP contribution in [-0.4, -0.2) is 60.2 Å². The van der Waals surface area contributed by atoms with Crippen molar-refractivity contribution in [3.05, 3.63) is 0 Å². The van der Waals surface area contributed by atoms with Crippen LogP contribution in [0.1, 0.15) is 39.5 Å². The molecule has 2 N–H and O–H groups in total. The van der Waals surface area contributed by atoms with Crippen molar-refractivity contribution in [2.24, 2.45) is 11.3 Å². The van der Waals surface area contributed by atoms with Crippen LogP contribution in [0.5, 0.6) is 0 Å². The Morgan fingerprint density at radius 1 is 1.26 bits per heavy atom. The second-order valence-corrected chi connectivity index (χ2v) is 6.81. The van der Waals surface area contributed by atoms with Crippen LogP contribution < -0.4 is 0 Å². The number of hydrogen-bond donors (Lipinski definition) is 2. The maximum atomic E-state index is 9.87. The Bertz CT molecular complexity index is 287. The molecule has 0 radical (unpaired) electrons. The average Bonchev–Trinajstić information content (AvgIpc) is 2.38. The van der Waals surface area contributed by atoms with Gasteiger partial charge >= 0.3 is 0 Å². The quantitative estimate of drug-likeness (QED) is 0.808. The van der Waals surface area contributed by atoms with Crippen LogP contribution in [0, 0.1) is 11.3 Å². The van der Waals surface area contributed by atoms with Crippen LogP contribution in [0.3, 0.4) is 0 Å². The van der Waals surface area contributed by atoms with Gasteiger partial charge in [-0.3, -0.25) is 4.90 Å². The Labute approximate surface area is 116 Å². The predicted octanol–water partition coefficient (Wildman–Crippen LogP) is 1.26. The molecule has 1 aliphatic carbocycles. The average molecular weight is 271 g/mol. The Balaban J connectivity index is 1.97. The van der Waals surface area contributed by atoms with Crippen molar-refractivity contribution in [3.63, 3.8) is 0 Å². The minimum atomic E-state index is -0.0690. The lowest BCUT2D eigenvalue weighted by Gasteiger charge is -2.45. The zero-order chi connectivity index (χ0) is 13.9. The van der Waals surface area contributed by atoms with Crippen molar-refractivity contribution in [2.45, 2.75) is 51.7 Å². The Morgan fingerprint density at radius 3 is 2.68 bits per heavy atom. The van der Waals surface area contributed by atoms with Crippen LogP contribution in [0.2, 0.25) is 0 Å². The molecule has 4 nitrogen and oxygen atoms in total. The number of rotatable bonds is 4. The molecule has 2 aliphatic rings. The molecule has 0 aromatic heterocycles. The number of nitrogens with zero attached hydrogens (tertiary/aromatic N) is 1. The summed E-state index contributed by atoms with van der Waals surface area (Å²) in [5, 5.41) is 19.2. The van der Waals surface area contributed by atoms with Gasteiger partial charge in [0.25, 0.3) is 0 Å². The van der Waals surface area contributed by atoms with E-state index in [1.54, 1.807) is 0 Å². The van der Waals surface area contributed by atoms with Crippen molar-refractivity contribution in [1.82, 2.24) is 4.90 Å². The Hall–Kier alpha value is -0.160. The van der Waals surface area contributed by atoms with E-state index >= 15 is 0 Å². The highest BCUT2D eigenvalue weighted by atomic mass is 16.5. The SMILES string of the molecule is CC1CCCC(CO)(CN2CC(C)OC(CO)C2)C1. The van der Waals surface area contributed by atoms with Gasteiger partial charge in [0.15, 0.2) is 0 Å². The maximum absolute atomic E-state index is 9.87. The molecule has 0 spiro atoms. The number of morpholine rings is 1. The van der Waals surface area contributed by atoms with E-state index < -0.39 is 0 Å². The number of aliphatic hydroxyl groups is 2. The van der Waals surface area contributed by atoms with Gasteiger partial charge in [-0.1, -0.05) is 19.8 Å². The Kier molecular flexibility index (Phi) is 5.23. The van der Waals surface area contributed by atoms with Gasteiger partial charge in [-0.2, -0.15) is 0 Å². The summed E-state index contributed by atoms with van der Waals surface area (Å²) in [5.41, 5.74) is 0.0642. The van der Waals surface area contributed by atoms with Gasteiger partial charge in [-0.25, -0.2) is 0 Å². The third kappa shape index (κ3) is 3.91. The first-order valence-corrected chi connectivity index (χ1v) is 7.66. The van der Waals surface area contributed by atoms with Gasteiger partial charge in [-0.05, 0) is 25.7 Å². The van der Waals surface area contributed by atoms with E-state index in [0.29, 0.717) is 5.92 Å². The summed E-state index contributed by atoms with van der Waals surface area (Å²) in [5.74, 6) is 0.716. The van der Waals surface area contributed by atoms with Crippen molar-refractivity contribution >= 4 is 0 Å². The minimum absolute atomic E-state index is 0.0642. The molecule has 0 bridgehead atoms. The molecule has 4 atom stereocenters. The fourth-order valence-electron chi connectivity index (χ4n) is 3.95. The first kappa shape index (κ1) is 15.2. The van der Waals surface area contributed by atoms with E-state index in [-0.39, 0.29) is 30.8 Å². The third-order valence-electron chi connectivity index (χ3n) is 4.69. The zero-order valence-electron chi connectivity index (χ0n) is 12.3. The van der Waals surface area contributed by atoms with Gasteiger partial charge in [0.1, 0.15) is 0 Å². The summed E-state index contributed by atoms with van der Waals surface area (Å²) in [7, 11) is 0. The topological polar surface area (TPSA) is 52.9 Å². The molecule has 1 saturated carbocycles. The molecule has 2 rings (SSSR count). The lowest BCUT2D eigenvalue weighted by Crippen LogP contribution is -2.52. The van der Waals surface area contributed by atoms with Crippen LogP contribution in [0.15, 0.2) is 0 Å². The standard InChI is InChI=1S/C15H29NO3/c1-12-4-3-5-15(6-12,11-18)10-16-7-13(2)19-14(8-16)9-17/h12-14,17-18H,3-11H2,1-2H3. The minimum Gasteiger partial charge on any atom is -0.396 e. The summed E-state index contributed by atoms with van der Waals surface area (Å²) in [6.07, 6.45) is 4.87. The summed E-state index contributed by atoms with van der Waals surface area (Å²) in [6, 6.07) is 0. The highest BCUT2D eigenvalue weighted by molar-refractivity contribution is 4.89. The normalized spacial score (nSPS) is 41.4. The number of ether oxygens (including phenoxy) is 1. The smallest absolute Gasteiger partial charge is 0.0936 e. The van der Waals surface area contributed by atoms with Crippen molar-refractivity contribution in [2.75, 3.05) is 32.8 Å². The van der Waals surface area contributed by atoms with Gasteiger partial charge in [0.2, 0.25) is 0 Å². The molecule has 4 heteroatoms. The molecule has 0 aromatic rings. The van der Waals surface area contributed by atoms with Gasteiger partial charge in [-0.15, -0.1) is 0 Å². The summed E-state index contributed by atoms with van der Waals surface area (Å²) >= 11 is 0. The highest BCUT2D eigenvalue weighted by Crippen LogP contribution is 2.40. The monoisotopic (exact) mass is 271 g/mol. The molecule has 4 unspecified atom stereocenters. The fraction of sp³-hybridized carbons (Fsp3) is 1.00. The van der Waals surface area contributed by atoms with Crippen molar-refractivity contribution in [3.8, 4) is 0 Å². The number of hydrogen-bond acceptors (Lipinski definition) is 4. The van der Waals surface area contributed by atoms with Crippen LogP contribution in [0.25, 0.3) is 0 Å². The summed E-state index contributed by atoms with van der Waals surface area (Å²) in [6.45, 7) is 7.36. The first-order chi connectivity index (χ1) is 9.07. The lowest BCUT2D eigenvalue weighted by molar-refractivity contribution is -0.109. The van der Waals surface area contributed by atoms with Crippen molar-refractivity contribution < 1.29 is 14.9 Å². The maximum Gasteiger partial charge on any atom is 0.0936 e. The first-order valence-electron chi connectivity index (χ1n) is 7.66. The van der Waals surface area contributed by atoms with E-state index in [0.717, 1.165) is 32.5 Å². The predicted molar refractivity (Wildman–Crippen MR) is 75.0 cm³/mol. The molecule has 0 amide bonds. The van der Waals surface area contributed by atoms with E-state index in [4.69, 9.17) is 4.74 Å². The molecule has 1 saturated heterocycles. The van der Waals surface area contributed by atoms with Crippen LogP contribution in [0.4, 0.5) is 0 Å². The second-order valence-electron chi connectivity index (χ2n) is 6.81. The largest absolute Gasteiger partial charge is 0.396 e. The highest BCUT2D eigenvalue weighted by Gasteiger charge is 2.37. The van der Waals surface area contributed by atoms with Crippen LogP contribution in [-0.2, 0) is 4.74 Å². The lowest BCUT2D eigenvalue weighted by atomic mass is 9.70. The van der Waals surface area contributed by atoms with Gasteiger partial charge in [0.05, 0.1) is 18.8 Å². The van der Waals surface area contributed by atoms with Crippen molar-refractivity contribution in [1.29, 1.82) is 0 Å². The van der Waals surface area contributed by atoms with Gasteiger partial charge < -0.3 is 14.9 Å². The molecule has 19 heavy (non-hydrogen) atoms. The Morgan fingerprint density at radius 2 is 2.05 bits per heavy atom. The zero-order valence-corrected chi connectivity index (χ0v) is 12.3. The molecular weight excluding hydrogens is 242 g/mol.